The molecule has 1 atom stereocenters. The van der Waals surface area contributed by atoms with Crippen LogP contribution in [-0.4, -0.2) is 29.9 Å². The summed E-state index contributed by atoms with van der Waals surface area (Å²) in [5.74, 6) is -1.00. The van der Waals surface area contributed by atoms with Crippen LogP contribution in [-0.2, 0) is 18.4 Å². The van der Waals surface area contributed by atoms with Crippen molar-refractivity contribution in [2.45, 2.75) is 25.9 Å². The zero-order valence-corrected chi connectivity index (χ0v) is 19.0. The van der Waals surface area contributed by atoms with Gasteiger partial charge in [-0.25, -0.2) is 4.79 Å². The van der Waals surface area contributed by atoms with E-state index in [0.29, 0.717) is 17.6 Å². The summed E-state index contributed by atoms with van der Waals surface area (Å²) in [6, 6.07) is 19.2. The summed E-state index contributed by atoms with van der Waals surface area (Å²) in [7, 11) is 1.99. The van der Waals surface area contributed by atoms with Crippen LogP contribution >= 0.6 is 0 Å². The van der Waals surface area contributed by atoms with Gasteiger partial charge in [0.25, 0.3) is 0 Å². The molecule has 0 saturated carbocycles. The summed E-state index contributed by atoms with van der Waals surface area (Å²) < 4.78 is 5.30. The molecule has 0 amide bonds. The number of hydrogen-bond acceptors (Lipinski definition) is 3. The molecule has 5 rings (SSSR count). The molecule has 0 fully saturated rings. The fourth-order valence-corrected chi connectivity index (χ4v) is 4.96. The van der Waals surface area contributed by atoms with Crippen molar-refractivity contribution in [1.82, 2.24) is 13.7 Å². The largest absolute Gasteiger partial charge is 0.508 e. The lowest BCUT2D eigenvalue weighted by atomic mass is 10.0. The Hall–Kier alpha value is -4.26. The van der Waals surface area contributed by atoms with Gasteiger partial charge in [-0.1, -0.05) is 36.4 Å². The Balaban J connectivity index is 1.73. The number of rotatable bonds is 6. The van der Waals surface area contributed by atoms with Crippen molar-refractivity contribution in [3.05, 3.63) is 100 Å². The zero-order valence-electron chi connectivity index (χ0n) is 19.0. The Morgan fingerprint density at radius 2 is 1.68 bits per heavy atom. The number of phenolic OH excluding ortho intramolecular Hbond substituents is 1. The molecule has 0 aliphatic carbocycles. The molecule has 7 nitrogen and oxygen atoms in total. The van der Waals surface area contributed by atoms with E-state index in [0.717, 1.165) is 27.5 Å². The number of fused-ring (bicyclic) bond motifs is 2. The van der Waals surface area contributed by atoms with E-state index < -0.39 is 12.0 Å². The SMILES string of the molecule is Cc1cccc2c1c(Cn1c(=O)n(C(CC(=O)O)c3cccc(O)c3)c3ccccc31)cn2C. The van der Waals surface area contributed by atoms with E-state index in [1.807, 2.05) is 43.6 Å². The number of imidazole rings is 1. The predicted molar refractivity (Wildman–Crippen MR) is 131 cm³/mol. The second-order valence-electron chi connectivity index (χ2n) is 8.67. The third kappa shape index (κ3) is 3.55. The van der Waals surface area contributed by atoms with Gasteiger partial charge in [0.05, 0.1) is 30.0 Å². The van der Waals surface area contributed by atoms with Gasteiger partial charge in [0.2, 0.25) is 0 Å². The first-order valence-corrected chi connectivity index (χ1v) is 11.1. The van der Waals surface area contributed by atoms with Gasteiger partial charge < -0.3 is 14.8 Å². The third-order valence-electron chi connectivity index (χ3n) is 6.43. The summed E-state index contributed by atoms with van der Waals surface area (Å²) in [4.78, 5) is 25.7. The van der Waals surface area contributed by atoms with Crippen molar-refractivity contribution in [2.24, 2.45) is 7.05 Å². The van der Waals surface area contributed by atoms with E-state index >= 15 is 0 Å². The minimum absolute atomic E-state index is 0.0240. The zero-order chi connectivity index (χ0) is 24.0. The molecule has 0 spiro atoms. The highest BCUT2D eigenvalue weighted by atomic mass is 16.4. The monoisotopic (exact) mass is 455 g/mol. The van der Waals surface area contributed by atoms with E-state index in [2.05, 4.69) is 23.6 Å². The molecule has 7 heteroatoms. The molecule has 0 aliphatic rings. The Morgan fingerprint density at radius 3 is 2.41 bits per heavy atom. The first-order valence-electron chi connectivity index (χ1n) is 11.1. The van der Waals surface area contributed by atoms with Gasteiger partial charge in [-0.2, -0.15) is 0 Å². The van der Waals surface area contributed by atoms with E-state index in [9.17, 15) is 19.8 Å². The Morgan fingerprint density at radius 1 is 0.971 bits per heavy atom. The van der Waals surface area contributed by atoms with Crippen LogP contribution in [0.2, 0.25) is 0 Å². The summed E-state index contributed by atoms with van der Waals surface area (Å²) in [6.45, 7) is 2.41. The summed E-state index contributed by atoms with van der Waals surface area (Å²) >= 11 is 0. The molecule has 172 valence electrons. The molecule has 0 aliphatic heterocycles. The topological polar surface area (TPSA) is 89.4 Å². The Bertz CT molecular complexity index is 1610. The normalized spacial score (nSPS) is 12.4. The Labute approximate surface area is 195 Å². The van der Waals surface area contributed by atoms with Crippen LogP contribution in [0.3, 0.4) is 0 Å². The average Bonchev–Trinajstić information content (AvgIpc) is 3.27. The van der Waals surface area contributed by atoms with Crippen molar-refractivity contribution in [1.29, 1.82) is 0 Å². The van der Waals surface area contributed by atoms with Crippen molar-refractivity contribution in [2.75, 3.05) is 0 Å². The van der Waals surface area contributed by atoms with Crippen LogP contribution in [0, 0.1) is 6.92 Å². The highest BCUT2D eigenvalue weighted by Gasteiger charge is 2.25. The smallest absolute Gasteiger partial charge is 0.330 e. The van der Waals surface area contributed by atoms with Crippen LogP contribution < -0.4 is 5.69 Å². The molecule has 0 bridgehead atoms. The second-order valence-corrected chi connectivity index (χ2v) is 8.67. The van der Waals surface area contributed by atoms with E-state index in [1.165, 1.54) is 16.7 Å². The molecular formula is C27H25N3O4. The van der Waals surface area contributed by atoms with Gasteiger partial charge >= 0.3 is 11.7 Å². The van der Waals surface area contributed by atoms with Gasteiger partial charge in [0, 0.05) is 24.1 Å². The minimum atomic E-state index is -1.03. The van der Waals surface area contributed by atoms with E-state index in [4.69, 9.17) is 0 Å². The number of carboxylic acids is 1. The maximum Gasteiger partial charge on any atom is 0.330 e. The number of carbonyl (C=O) groups is 1. The maximum absolute atomic E-state index is 13.9. The van der Waals surface area contributed by atoms with Crippen molar-refractivity contribution >= 4 is 27.9 Å². The Kier molecular flexibility index (Phi) is 5.24. The maximum atomic E-state index is 13.9. The lowest BCUT2D eigenvalue weighted by Crippen LogP contribution is -2.29. The van der Waals surface area contributed by atoms with Crippen LogP contribution in [0.4, 0.5) is 0 Å². The lowest BCUT2D eigenvalue weighted by molar-refractivity contribution is -0.137. The van der Waals surface area contributed by atoms with Crippen LogP contribution in [0.5, 0.6) is 5.75 Å². The number of aryl methyl sites for hydroxylation is 2. The van der Waals surface area contributed by atoms with Crippen LogP contribution in [0.1, 0.15) is 29.2 Å². The van der Waals surface area contributed by atoms with Crippen molar-refractivity contribution < 1.29 is 15.0 Å². The minimum Gasteiger partial charge on any atom is -0.508 e. The molecule has 5 aromatic rings. The fraction of sp³-hybridized carbons (Fsp3) is 0.185. The number of aromatic hydroxyl groups is 1. The molecule has 0 saturated heterocycles. The molecule has 2 heterocycles. The molecule has 3 aromatic carbocycles. The second kappa shape index (κ2) is 8.26. The van der Waals surface area contributed by atoms with Gasteiger partial charge in [-0.3, -0.25) is 13.9 Å². The molecule has 2 aromatic heterocycles. The molecule has 2 N–H and O–H groups in total. The van der Waals surface area contributed by atoms with Crippen molar-refractivity contribution in [3.63, 3.8) is 0 Å². The standard InChI is InChI=1S/C27H25N3O4/c1-17-7-5-12-23-26(17)19(15-28(23)2)16-29-21-10-3-4-11-22(21)30(27(29)34)24(14-25(32)33)18-8-6-9-20(31)13-18/h3-13,15,24,31H,14,16H2,1-2H3,(H,32,33). The summed E-state index contributed by atoms with van der Waals surface area (Å²) in [6.07, 6.45) is 1.75. The third-order valence-corrected chi connectivity index (χ3v) is 6.43. The molecule has 1 unspecified atom stereocenters. The highest BCUT2D eigenvalue weighted by Crippen LogP contribution is 2.29. The quantitative estimate of drug-likeness (QED) is 0.397. The number of phenols is 1. The average molecular weight is 456 g/mol. The molecular weight excluding hydrogens is 430 g/mol. The van der Waals surface area contributed by atoms with Crippen LogP contribution in [0.15, 0.2) is 77.7 Å². The molecule has 0 radical (unpaired) electrons. The highest BCUT2D eigenvalue weighted by molar-refractivity contribution is 5.87. The predicted octanol–water partition coefficient (Wildman–Crippen LogP) is 4.42. The lowest BCUT2D eigenvalue weighted by Gasteiger charge is -2.18. The van der Waals surface area contributed by atoms with Crippen molar-refractivity contribution in [3.8, 4) is 5.75 Å². The van der Waals surface area contributed by atoms with Gasteiger partial charge in [-0.15, -0.1) is 0 Å². The number of para-hydroxylation sites is 2. The summed E-state index contributed by atoms with van der Waals surface area (Å²) in [5, 5.41) is 20.8. The number of aromatic nitrogens is 3. The first-order chi connectivity index (χ1) is 16.3. The molecule has 34 heavy (non-hydrogen) atoms. The fourth-order valence-electron chi connectivity index (χ4n) is 4.96. The summed E-state index contributed by atoms with van der Waals surface area (Å²) in [5.41, 5.74) is 4.90. The number of nitrogens with zero attached hydrogens (tertiary/aromatic N) is 3. The number of benzene rings is 3. The van der Waals surface area contributed by atoms with Crippen LogP contribution in [0.25, 0.3) is 21.9 Å². The van der Waals surface area contributed by atoms with Gasteiger partial charge in [0.1, 0.15) is 5.75 Å². The van der Waals surface area contributed by atoms with Gasteiger partial charge in [-0.05, 0) is 53.9 Å². The van der Waals surface area contributed by atoms with E-state index in [1.54, 1.807) is 16.7 Å². The number of aliphatic carboxylic acids is 1. The van der Waals surface area contributed by atoms with Gasteiger partial charge in [0.15, 0.2) is 0 Å². The number of carboxylic acid groups (broad SMARTS) is 1. The van der Waals surface area contributed by atoms with E-state index in [-0.39, 0.29) is 17.9 Å². The number of hydrogen-bond donors (Lipinski definition) is 2. The first kappa shape index (κ1) is 21.6.